The van der Waals surface area contributed by atoms with Gasteiger partial charge in [-0.15, -0.1) is 0 Å². The van der Waals surface area contributed by atoms with Crippen molar-refractivity contribution in [1.29, 1.82) is 0 Å². The number of benzene rings is 2. The summed E-state index contributed by atoms with van der Waals surface area (Å²) in [4.78, 5) is 5.21. The molecule has 0 aromatic heterocycles. The van der Waals surface area contributed by atoms with E-state index in [4.69, 9.17) is 15.3 Å². The van der Waals surface area contributed by atoms with Crippen molar-refractivity contribution in [3.8, 4) is 5.75 Å². The van der Waals surface area contributed by atoms with Crippen LogP contribution in [0.5, 0.6) is 5.75 Å². The van der Waals surface area contributed by atoms with Crippen LogP contribution in [-0.2, 0) is 11.4 Å². The Labute approximate surface area is 118 Å². The molecule has 0 aliphatic carbocycles. The summed E-state index contributed by atoms with van der Waals surface area (Å²) in [5.74, 6) is 1.06. The molecule has 0 fully saturated rings. The molecular weight excluding hydrogens is 252 g/mol. The lowest BCUT2D eigenvalue weighted by atomic mass is 10.1. The standard InChI is InChI=1S/C16H18N2O2/c1-13-6-5-7-14(10-13)11-20-18-16(17)12-19-15-8-3-2-4-9-15/h2-10H,11-12H2,1H3,(H2,17,18). The van der Waals surface area contributed by atoms with E-state index >= 15 is 0 Å². The van der Waals surface area contributed by atoms with E-state index in [-0.39, 0.29) is 6.61 Å². The largest absolute Gasteiger partial charge is 0.486 e. The fourth-order valence-electron chi connectivity index (χ4n) is 1.69. The van der Waals surface area contributed by atoms with Crippen LogP contribution in [0.3, 0.4) is 0 Å². The topological polar surface area (TPSA) is 56.8 Å². The number of amidine groups is 1. The van der Waals surface area contributed by atoms with Gasteiger partial charge in [-0.1, -0.05) is 53.2 Å². The Morgan fingerprint density at radius 3 is 2.65 bits per heavy atom. The van der Waals surface area contributed by atoms with Crippen LogP contribution in [0.25, 0.3) is 0 Å². The zero-order chi connectivity index (χ0) is 14.2. The van der Waals surface area contributed by atoms with Crippen molar-refractivity contribution in [3.05, 3.63) is 65.7 Å². The van der Waals surface area contributed by atoms with E-state index in [2.05, 4.69) is 5.16 Å². The van der Waals surface area contributed by atoms with Crippen molar-refractivity contribution in [1.82, 2.24) is 0 Å². The van der Waals surface area contributed by atoms with Crippen LogP contribution in [0.15, 0.2) is 59.8 Å². The lowest BCUT2D eigenvalue weighted by molar-refractivity contribution is 0.128. The maximum absolute atomic E-state index is 5.72. The molecule has 2 N–H and O–H groups in total. The van der Waals surface area contributed by atoms with Gasteiger partial charge < -0.3 is 15.3 Å². The molecule has 0 radical (unpaired) electrons. The molecule has 20 heavy (non-hydrogen) atoms. The second kappa shape index (κ2) is 7.19. The number of ether oxygens (including phenoxy) is 1. The zero-order valence-electron chi connectivity index (χ0n) is 11.5. The van der Waals surface area contributed by atoms with Gasteiger partial charge in [-0.3, -0.25) is 0 Å². The van der Waals surface area contributed by atoms with E-state index in [9.17, 15) is 0 Å². The Balaban J connectivity index is 1.77. The molecule has 0 aliphatic rings. The van der Waals surface area contributed by atoms with Gasteiger partial charge >= 0.3 is 0 Å². The number of hydrogen-bond acceptors (Lipinski definition) is 3. The lowest BCUT2D eigenvalue weighted by Gasteiger charge is -2.05. The molecule has 4 heteroatoms. The highest BCUT2D eigenvalue weighted by molar-refractivity contribution is 5.81. The third kappa shape index (κ3) is 4.65. The average molecular weight is 270 g/mol. The molecule has 0 heterocycles. The maximum atomic E-state index is 5.72. The third-order valence-corrected chi connectivity index (χ3v) is 2.63. The van der Waals surface area contributed by atoms with Gasteiger partial charge in [0.2, 0.25) is 0 Å². The fraction of sp³-hybridized carbons (Fsp3) is 0.188. The second-order valence-corrected chi connectivity index (χ2v) is 4.45. The van der Waals surface area contributed by atoms with Gasteiger partial charge in [-0.05, 0) is 24.6 Å². The molecule has 0 unspecified atom stereocenters. The molecule has 0 spiro atoms. The van der Waals surface area contributed by atoms with E-state index < -0.39 is 0 Å². The minimum atomic E-state index is 0.206. The molecule has 0 aliphatic heterocycles. The van der Waals surface area contributed by atoms with Gasteiger partial charge in [-0.2, -0.15) is 0 Å². The minimum Gasteiger partial charge on any atom is -0.486 e. The molecule has 0 saturated carbocycles. The number of oxime groups is 1. The van der Waals surface area contributed by atoms with Crippen molar-refractivity contribution in [2.24, 2.45) is 10.9 Å². The molecule has 104 valence electrons. The first kappa shape index (κ1) is 13.9. The summed E-state index contributed by atoms with van der Waals surface area (Å²) < 4.78 is 5.45. The second-order valence-electron chi connectivity index (χ2n) is 4.45. The Hall–Kier alpha value is -2.49. The average Bonchev–Trinajstić information content (AvgIpc) is 2.46. The number of rotatable bonds is 6. The van der Waals surface area contributed by atoms with Gasteiger partial charge in [0.25, 0.3) is 0 Å². The van der Waals surface area contributed by atoms with Crippen molar-refractivity contribution in [2.45, 2.75) is 13.5 Å². The van der Waals surface area contributed by atoms with Crippen LogP contribution in [0.4, 0.5) is 0 Å². The van der Waals surface area contributed by atoms with Crippen molar-refractivity contribution in [3.63, 3.8) is 0 Å². The zero-order valence-corrected chi connectivity index (χ0v) is 11.5. The molecule has 2 rings (SSSR count). The SMILES string of the molecule is Cc1cccc(CO/N=C(\N)COc2ccccc2)c1. The summed E-state index contributed by atoms with van der Waals surface area (Å²) in [6, 6.07) is 17.5. The monoisotopic (exact) mass is 270 g/mol. The molecule has 0 atom stereocenters. The van der Waals surface area contributed by atoms with E-state index in [1.807, 2.05) is 61.5 Å². The molecule has 2 aromatic rings. The molecular formula is C16H18N2O2. The summed E-state index contributed by atoms with van der Waals surface area (Å²) in [6.07, 6.45) is 0. The predicted molar refractivity (Wildman–Crippen MR) is 79.5 cm³/mol. The highest BCUT2D eigenvalue weighted by Crippen LogP contribution is 2.08. The number of aryl methyl sites for hydroxylation is 1. The third-order valence-electron chi connectivity index (χ3n) is 2.63. The Morgan fingerprint density at radius 1 is 1.10 bits per heavy atom. The molecule has 2 aromatic carbocycles. The van der Waals surface area contributed by atoms with Crippen LogP contribution < -0.4 is 10.5 Å². The highest BCUT2D eigenvalue weighted by atomic mass is 16.6. The smallest absolute Gasteiger partial charge is 0.177 e. The van der Waals surface area contributed by atoms with Gasteiger partial charge in [-0.25, -0.2) is 0 Å². The quantitative estimate of drug-likeness (QED) is 0.499. The Bertz CT molecular complexity index is 568. The number of nitrogens with two attached hydrogens (primary N) is 1. The van der Waals surface area contributed by atoms with Crippen LogP contribution in [0.1, 0.15) is 11.1 Å². The predicted octanol–water partition coefficient (Wildman–Crippen LogP) is 2.86. The van der Waals surface area contributed by atoms with E-state index in [1.54, 1.807) is 0 Å². The Morgan fingerprint density at radius 2 is 1.90 bits per heavy atom. The van der Waals surface area contributed by atoms with Gasteiger partial charge in [0, 0.05) is 0 Å². The van der Waals surface area contributed by atoms with Gasteiger partial charge in [0.05, 0.1) is 0 Å². The first-order valence-electron chi connectivity index (χ1n) is 6.42. The van der Waals surface area contributed by atoms with Crippen LogP contribution in [0, 0.1) is 6.92 Å². The summed E-state index contributed by atoms with van der Waals surface area (Å²) in [7, 11) is 0. The minimum absolute atomic E-state index is 0.206. The van der Waals surface area contributed by atoms with Crippen molar-refractivity contribution in [2.75, 3.05) is 6.61 Å². The van der Waals surface area contributed by atoms with Crippen LogP contribution >= 0.6 is 0 Å². The van der Waals surface area contributed by atoms with Crippen molar-refractivity contribution < 1.29 is 9.57 Å². The first-order valence-corrected chi connectivity index (χ1v) is 6.42. The molecule has 4 nitrogen and oxygen atoms in total. The number of para-hydroxylation sites is 1. The van der Waals surface area contributed by atoms with Gasteiger partial charge in [0.15, 0.2) is 5.84 Å². The lowest BCUT2D eigenvalue weighted by Crippen LogP contribution is -2.21. The Kier molecular flexibility index (Phi) is 5.00. The normalized spacial score (nSPS) is 11.2. The number of hydrogen-bond donors (Lipinski definition) is 1. The van der Waals surface area contributed by atoms with E-state index in [1.165, 1.54) is 5.56 Å². The fourth-order valence-corrected chi connectivity index (χ4v) is 1.69. The summed E-state index contributed by atoms with van der Waals surface area (Å²) >= 11 is 0. The van der Waals surface area contributed by atoms with Crippen molar-refractivity contribution >= 4 is 5.84 Å². The van der Waals surface area contributed by atoms with E-state index in [0.717, 1.165) is 11.3 Å². The molecule has 0 amide bonds. The summed E-state index contributed by atoms with van der Waals surface area (Å²) in [6.45, 7) is 2.64. The highest BCUT2D eigenvalue weighted by Gasteiger charge is 1.97. The number of nitrogens with zero attached hydrogens (tertiary/aromatic N) is 1. The molecule has 0 bridgehead atoms. The first-order chi connectivity index (χ1) is 9.74. The summed E-state index contributed by atoms with van der Waals surface area (Å²) in [5, 5.41) is 3.83. The maximum Gasteiger partial charge on any atom is 0.177 e. The van der Waals surface area contributed by atoms with Crippen LogP contribution in [-0.4, -0.2) is 12.4 Å². The van der Waals surface area contributed by atoms with Gasteiger partial charge in [0.1, 0.15) is 19.0 Å². The van der Waals surface area contributed by atoms with E-state index in [0.29, 0.717) is 12.4 Å². The summed E-state index contributed by atoms with van der Waals surface area (Å²) in [5.41, 5.74) is 7.97. The molecule has 0 saturated heterocycles. The van der Waals surface area contributed by atoms with Crippen LogP contribution in [0.2, 0.25) is 0 Å².